The van der Waals surface area contributed by atoms with E-state index < -0.39 is 5.60 Å². The lowest BCUT2D eigenvalue weighted by atomic mass is 9.78. The van der Waals surface area contributed by atoms with Crippen LogP contribution in [0.3, 0.4) is 0 Å². The Labute approximate surface area is 198 Å². The van der Waals surface area contributed by atoms with Gasteiger partial charge < -0.3 is 14.0 Å². The number of benzene rings is 1. The Bertz CT molecular complexity index is 959. The van der Waals surface area contributed by atoms with Gasteiger partial charge in [0.15, 0.2) is 0 Å². The minimum atomic E-state index is -0.507. The van der Waals surface area contributed by atoms with Crippen molar-refractivity contribution in [1.29, 1.82) is 0 Å². The van der Waals surface area contributed by atoms with Gasteiger partial charge in [0.2, 0.25) is 0 Å². The standard InChI is InChI=1S/C26H37BN2O4/c1-17-13-22(29(16-17)23(30)31-24(2,3)4)21-14-19(15-28-21)18-9-11-20(12-10-18)27-32-25(5,6)26(7,8)33-27/h9-12,15,17,22H,13-14,16H2,1-8H3/t17-,22-/m0/s1. The van der Waals surface area contributed by atoms with E-state index in [-0.39, 0.29) is 30.5 Å². The Balaban J connectivity index is 1.42. The van der Waals surface area contributed by atoms with Gasteiger partial charge in [0.1, 0.15) is 5.60 Å². The van der Waals surface area contributed by atoms with E-state index in [1.54, 1.807) is 0 Å². The van der Waals surface area contributed by atoms with Gasteiger partial charge in [-0.2, -0.15) is 0 Å². The van der Waals surface area contributed by atoms with Crippen LogP contribution < -0.4 is 5.46 Å². The van der Waals surface area contributed by atoms with Gasteiger partial charge in [0, 0.05) is 24.9 Å². The Morgan fingerprint density at radius 1 is 1.12 bits per heavy atom. The highest BCUT2D eigenvalue weighted by Crippen LogP contribution is 2.37. The third kappa shape index (κ3) is 4.90. The topological polar surface area (TPSA) is 60.4 Å². The van der Waals surface area contributed by atoms with Crippen LogP contribution in [0, 0.1) is 5.92 Å². The fourth-order valence-corrected chi connectivity index (χ4v) is 4.55. The van der Waals surface area contributed by atoms with Crippen LogP contribution >= 0.6 is 0 Å². The average molecular weight is 452 g/mol. The summed E-state index contributed by atoms with van der Waals surface area (Å²) >= 11 is 0. The molecule has 2 saturated heterocycles. The van der Waals surface area contributed by atoms with Crippen LogP contribution in [-0.2, 0) is 14.0 Å². The summed E-state index contributed by atoms with van der Waals surface area (Å²) in [5.74, 6) is 0.425. The Kier molecular flexibility index (Phi) is 6.03. The van der Waals surface area contributed by atoms with Crippen LogP contribution in [0.15, 0.2) is 35.5 Å². The van der Waals surface area contributed by atoms with Crippen molar-refractivity contribution >= 4 is 30.0 Å². The van der Waals surface area contributed by atoms with E-state index >= 15 is 0 Å². The molecule has 3 aliphatic heterocycles. The van der Waals surface area contributed by atoms with Crippen molar-refractivity contribution in [2.75, 3.05) is 6.54 Å². The summed E-state index contributed by atoms with van der Waals surface area (Å²) in [5.41, 5.74) is 3.12. The minimum Gasteiger partial charge on any atom is -0.444 e. The number of allylic oxidation sites excluding steroid dienone is 1. The van der Waals surface area contributed by atoms with E-state index in [2.05, 4.69) is 58.9 Å². The smallest absolute Gasteiger partial charge is 0.444 e. The number of nitrogens with zero attached hydrogens (tertiary/aromatic N) is 2. The number of likely N-dealkylation sites (tertiary alicyclic amines) is 1. The summed E-state index contributed by atoms with van der Waals surface area (Å²) in [6.45, 7) is 16.8. The molecule has 178 valence electrons. The van der Waals surface area contributed by atoms with E-state index in [0.717, 1.165) is 35.2 Å². The molecule has 33 heavy (non-hydrogen) atoms. The van der Waals surface area contributed by atoms with Gasteiger partial charge in [-0.05, 0) is 77.4 Å². The second-order valence-electron chi connectivity index (χ2n) is 11.7. The largest absolute Gasteiger partial charge is 0.494 e. The molecule has 2 atom stereocenters. The van der Waals surface area contributed by atoms with Crippen molar-refractivity contribution in [1.82, 2.24) is 4.90 Å². The summed E-state index contributed by atoms with van der Waals surface area (Å²) in [6, 6.07) is 8.34. The number of hydrogen-bond donors (Lipinski definition) is 0. The Morgan fingerprint density at radius 3 is 2.30 bits per heavy atom. The van der Waals surface area contributed by atoms with Crippen LogP contribution in [-0.4, -0.2) is 53.2 Å². The molecule has 1 amide bonds. The van der Waals surface area contributed by atoms with E-state index in [4.69, 9.17) is 19.0 Å². The predicted molar refractivity (Wildman–Crippen MR) is 133 cm³/mol. The SMILES string of the molecule is C[C@H]1C[C@@H](C2=NC=C(c3ccc(B4OC(C)(C)C(C)(C)O4)cc3)C2)N(C(=O)OC(C)(C)C)C1. The third-order valence-electron chi connectivity index (χ3n) is 7.09. The van der Waals surface area contributed by atoms with E-state index in [0.29, 0.717) is 12.5 Å². The zero-order chi connectivity index (χ0) is 24.2. The predicted octanol–water partition coefficient (Wildman–Crippen LogP) is 4.82. The molecule has 1 aromatic rings. The highest BCUT2D eigenvalue weighted by atomic mass is 16.7. The highest BCUT2D eigenvalue weighted by Gasteiger charge is 2.51. The quantitative estimate of drug-likeness (QED) is 0.618. The van der Waals surface area contributed by atoms with Crippen LogP contribution in [0.25, 0.3) is 5.57 Å². The van der Waals surface area contributed by atoms with Gasteiger partial charge in [-0.1, -0.05) is 31.2 Å². The molecular weight excluding hydrogens is 415 g/mol. The number of ether oxygens (including phenoxy) is 1. The molecule has 4 rings (SSSR count). The summed E-state index contributed by atoms with van der Waals surface area (Å²) in [5, 5.41) is 0. The Hall–Kier alpha value is -2.12. The first-order valence-electron chi connectivity index (χ1n) is 12.0. The summed E-state index contributed by atoms with van der Waals surface area (Å²) < 4.78 is 18.0. The molecule has 0 unspecified atom stereocenters. The van der Waals surface area contributed by atoms with Crippen LogP contribution in [0.1, 0.15) is 73.8 Å². The maximum absolute atomic E-state index is 12.8. The fourth-order valence-electron chi connectivity index (χ4n) is 4.55. The minimum absolute atomic E-state index is 0.00683. The van der Waals surface area contributed by atoms with Crippen molar-refractivity contribution in [3.63, 3.8) is 0 Å². The molecule has 3 heterocycles. The molecule has 0 spiro atoms. The monoisotopic (exact) mass is 452 g/mol. The van der Waals surface area contributed by atoms with Crippen molar-refractivity contribution in [2.24, 2.45) is 10.9 Å². The molecule has 6 nitrogen and oxygen atoms in total. The van der Waals surface area contributed by atoms with Gasteiger partial charge in [0.25, 0.3) is 0 Å². The fraction of sp³-hybridized carbons (Fsp3) is 0.615. The summed E-state index contributed by atoms with van der Waals surface area (Å²) in [6.07, 6.45) is 3.35. The normalized spacial score (nSPS) is 26.4. The van der Waals surface area contributed by atoms with Crippen molar-refractivity contribution < 1.29 is 18.8 Å². The molecule has 0 radical (unpaired) electrons. The van der Waals surface area contributed by atoms with Gasteiger partial charge in [-0.15, -0.1) is 0 Å². The average Bonchev–Trinajstić information content (AvgIpc) is 3.37. The zero-order valence-corrected chi connectivity index (χ0v) is 21.3. The maximum atomic E-state index is 12.8. The molecule has 3 aliphatic rings. The van der Waals surface area contributed by atoms with E-state index in [1.165, 1.54) is 0 Å². The van der Waals surface area contributed by atoms with Gasteiger partial charge >= 0.3 is 13.2 Å². The first kappa shape index (κ1) is 24.0. The van der Waals surface area contributed by atoms with Gasteiger partial charge in [-0.3, -0.25) is 9.89 Å². The molecule has 2 fully saturated rings. The lowest BCUT2D eigenvalue weighted by Crippen LogP contribution is -2.43. The maximum Gasteiger partial charge on any atom is 0.494 e. The number of carbonyl (C=O) groups is 1. The molecule has 7 heteroatoms. The number of hydrogen-bond acceptors (Lipinski definition) is 5. The lowest BCUT2D eigenvalue weighted by Gasteiger charge is -2.32. The third-order valence-corrected chi connectivity index (χ3v) is 7.09. The Morgan fingerprint density at radius 2 is 1.73 bits per heavy atom. The van der Waals surface area contributed by atoms with E-state index in [9.17, 15) is 4.79 Å². The lowest BCUT2D eigenvalue weighted by molar-refractivity contribution is 0.00578. The van der Waals surface area contributed by atoms with Crippen molar-refractivity contribution in [3.05, 3.63) is 36.0 Å². The second kappa shape index (κ2) is 8.28. The van der Waals surface area contributed by atoms with Crippen LogP contribution in [0.5, 0.6) is 0 Å². The first-order valence-corrected chi connectivity index (χ1v) is 12.0. The van der Waals surface area contributed by atoms with Gasteiger partial charge in [-0.25, -0.2) is 4.79 Å². The van der Waals surface area contributed by atoms with Crippen molar-refractivity contribution in [2.45, 2.75) is 91.1 Å². The summed E-state index contributed by atoms with van der Waals surface area (Å²) in [7, 11) is -0.365. The zero-order valence-electron chi connectivity index (χ0n) is 21.3. The molecule has 0 bridgehead atoms. The van der Waals surface area contributed by atoms with Crippen LogP contribution in [0.2, 0.25) is 0 Å². The number of carbonyl (C=O) groups excluding carboxylic acids is 1. The van der Waals surface area contributed by atoms with E-state index in [1.807, 2.05) is 31.9 Å². The van der Waals surface area contributed by atoms with Crippen LogP contribution in [0.4, 0.5) is 4.79 Å². The molecule has 0 N–H and O–H groups in total. The first-order chi connectivity index (χ1) is 15.3. The van der Waals surface area contributed by atoms with Crippen molar-refractivity contribution in [3.8, 4) is 0 Å². The summed E-state index contributed by atoms with van der Waals surface area (Å²) in [4.78, 5) is 19.4. The molecular formula is C26H37BN2O4. The number of amides is 1. The highest BCUT2D eigenvalue weighted by molar-refractivity contribution is 6.62. The second-order valence-corrected chi connectivity index (χ2v) is 11.7. The molecule has 0 aromatic heterocycles. The molecule has 1 aromatic carbocycles. The number of aliphatic imine (C=N–C) groups is 1. The number of rotatable bonds is 3. The molecule has 0 aliphatic carbocycles. The molecule has 0 saturated carbocycles. The van der Waals surface area contributed by atoms with Gasteiger partial charge in [0.05, 0.1) is 17.2 Å².